The lowest BCUT2D eigenvalue weighted by atomic mass is 9.63. The first-order valence-corrected chi connectivity index (χ1v) is 8.41. The number of benzene rings is 2. The molecule has 0 aromatic heterocycles. The Morgan fingerprint density at radius 3 is 2.50 bits per heavy atom. The predicted octanol–water partition coefficient (Wildman–Crippen LogP) is 4.52. The van der Waals surface area contributed by atoms with Gasteiger partial charge in [-0.05, 0) is 48.3 Å². The second-order valence-corrected chi connectivity index (χ2v) is 7.04. The van der Waals surface area contributed by atoms with Crippen LogP contribution in [0.3, 0.4) is 0 Å². The van der Waals surface area contributed by atoms with Crippen LogP contribution >= 0.6 is 0 Å². The molecule has 1 nitrogen and oxygen atoms in total. The van der Waals surface area contributed by atoms with E-state index in [1.54, 1.807) is 0 Å². The van der Waals surface area contributed by atoms with E-state index in [1.165, 1.54) is 16.7 Å². The third kappa shape index (κ3) is 2.83. The molecule has 2 aromatic carbocycles. The van der Waals surface area contributed by atoms with Gasteiger partial charge in [0.05, 0.1) is 6.10 Å². The van der Waals surface area contributed by atoms with Crippen LogP contribution in [0.4, 0.5) is 0 Å². The van der Waals surface area contributed by atoms with Crippen LogP contribution in [0.2, 0.25) is 0 Å². The van der Waals surface area contributed by atoms with Gasteiger partial charge in [0, 0.05) is 5.41 Å². The second-order valence-electron chi connectivity index (χ2n) is 7.04. The summed E-state index contributed by atoms with van der Waals surface area (Å²) < 4.78 is 0. The van der Waals surface area contributed by atoms with Crippen LogP contribution in [-0.2, 0) is 18.3 Å². The lowest BCUT2D eigenvalue weighted by Gasteiger charge is -2.44. The Balaban J connectivity index is 1.78. The van der Waals surface area contributed by atoms with Gasteiger partial charge >= 0.3 is 0 Å². The highest BCUT2D eigenvalue weighted by atomic mass is 16.3. The molecule has 0 saturated heterocycles. The van der Waals surface area contributed by atoms with Crippen molar-refractivity contribution in [1.82, 2.24) is 0 Å². The summed E-state index contributed by atoms with van der Waals surface area (Å²) in [4.78, 5) is 0. The van der Waals surface area contributed by atoms with E-state index in [9.17, 15) is 5.11 Å². The van der Waals surface area contributed by atoms with Crippen molar-refractivity contribution in [3.8, 4) is 0 Å². The molecule has 2 aromatic rings. The van der Waals surface area contributed by atoms with Crippen LogP contribution in [0.15, 0.2) is 54.6 Å². The summed E-state index contributed by atoms with van der Waals surface area (Å²) in [6.45, 7) is 4.42. The number of hydrogen-bond acceptors (Lipinski definition) is 1. The van der Waals surface area contributed by atoms with Gasteiger partial charge in [0.15, 0.2) is 0 Å². The van der Waals surface area contributed by atoms with E-state index < -0.39 is 0 Å². The molecule has 0 aliphatic heterocycles. The predicted molar refractivity (Wildman–Crippen MR) is 92.0 cm³/mol. The molecule has 3 rings (SSSR count). The molecule has 0 bridgehead atoms. The molecule has 116 valence electrons. The van der Waals surface area contributed by atoms with Crippen LogP contribution < -0.4 is 0 Å². The third-order valence-electron chi connectivity index (χ3n) is 5.37. The smallest absolute Gasteiger partial charge is 0.0662 e. The first-order valence-electron chi connectivity index (χ1n) is 8.41. The highest BCUT2D eigenvalue weighted by molar-refractivity contribution is 5.38. The topological polar surface area (TPSA) is 20.2 Å². The fourth-order valence-corrected chi connectivity index (χ4v) is 4.09. The highest BCUT2D eigenvalue weighted by Crippen LogP contribution is 2.43. The van der Waals surface area contributed by atoms with E-state index in [-0.39, 0.29) is 11.5 Å². The summed E-state index contributed by atoms with van der Waals surface area (Å²) in [5, 5.41) is 10.8. The summed E-state index contributed by atoms with van der Waals surface area (Å²) >= 11 is 0. The maximum absolute atomic E-state index is 10.8. The Hall–Kier alpha value is -1.60. The molecule has 1 aliphatic carbocycles. The Kier molecular flexibility index (Phi) is 4.35. The van der Waals surface area contributed by atoms with Crippen LogP contribution in [0.1, 0.15) is 43.4 Å². The zero-order chi connectivity index (χ0) is 15.6. The van der Waals surface area contributed by atoms with E-state index in [2.05, 4.69) is 68.4 Å². The lowest BCUT2D eigenvalue weighted by molar-refractivity contribution is 0.0266. The molecule has 0 spiro atoms. The van der Waals surface area contributed by atoms with Gasteiger partial charge in [0.25, 0.3) is 0 Å². The van der Waals surface area contributed by atoms with Crippen molar-refractivity contribution in [2.24, 2.45) is 5.92 Å². The van der Waals surface area contributed by atoms with Crippen LogP contribution in [0.25, 0.3) is 0 Å². The second kappa shape index (κ2) is 6.26. The van der Waals surface area contributed by atoms with Gasteiger partial charge in [-0.3, -0.25) is 0 Å². The summed E-state index contributed by atoms with van der Waals surface area (Å²) in [7, 11) is 0. The summed E-state index contributed by atoms with van der Waals surface area (Å²) in [6, 6.07) is 19.3. The molecule has 1 heteroatoms. The highest BCUT2D eigenvalue weighted by Gasteiger charge is 2.42. The Labute approximate surface area is 134 Å². The molecule has 3 atom stereocenters. The quantitative estimate of drug-likeness (QED) is 0.879. The minimum Gasteiger partial charge on any atom is -0.392 e. The van der Waals surface area contributed by atoms with Gasteiger partial charge in [-0.25, -0.2) is 0 Å². The van der Waals surface area contributed by atoms with Crippen molar-refractivity contribution in [2.45, 2.75) is 51.0 Å². The fourth-order valence-electron chi connectivity index (χ4n) is 4.09. The Morgan fingerprint density at radius 2 is 1.73 bits per heavy atom. The van der Waals surface area contributed by atoms with E-state index in [0.717, 1.165) is 25.7 Å². The van der Waals surface area contributed by atoms with Crippen molar-refractivity contribution in [2.75, 3.05) is 0 Å². The number of hydrogen-bond donors (Lipinski definition) is 1. The first kappa shape index (κ1) is 15.3. The van der Waals surface area contributed by atoms with Crippen LogP contribution in [0, 0.1) is 5.92 Å². The number of rotatable bonds is 4. The first-order chi connectivity index (χ1) is 10.6. The van der Waals surface area contributed by atoms with E-state index >= 15 is 0 Å². The van der Waals surface area contributed by atoms with Gasteiger partial charge in [-0.15, -0.1) is 0 Å². The maximum atomic E-state index is 10.8. The minimum atomic E-state index is -0.252. The van der Waals surface area contributed by atoms with Crippen molar-refractivity contribution in [1.29, 1.82) is 0 Å². The summed E-state index contributed by atoms with van der Waals surface area (Å²) in [5.41, 5.74) is 4.04. The lowest BCUT2D eigenvalue weighted by Crippen LogP contribution is -2.45. The van der Waals surface area contributed by atoms with E-state index in [1.807, 2.05) is 0 Å². The van der Waals surface area contributed by atoms with Gasteiger partial charge in [0.1, 0.15) is 0 Å². The Morgan fingerprint density at radius 1 is 1.05 bits per heavy atom. The standard InChI is InChI=1S/C21H26O/c1-16-15-18-12-6-7-13-19(18)21(2,20(16)22)14-8-11-17-9-4-3-5-10-17/h3-7,9-10,12-13,16,20,22H,8,11,14-15H2,1-2H3/t16-,20-,21+/m1/s1. The minimum absolute atomic E-state index is 0.122. The van der Waals surface area contributed by atoms with Gasteiger partial charge < -0.3 is 5.11 Å². The van der Waals surface area contributed by atoms with Crippen molar-refractivity contribution in [3.63, 3.8) is 0 Å². The molecule has 1 N–H and O–H groups in total. The van der Waals surface area contributed by atoms with Gasteiger partial charge in [-0.1, -0.05) is 68.4 Å². The zero-order valence-electron chi connectivity index (χ0n) is 13.6. The molecule has 0 unspecified atom stereocenters. The molecule has 0 fully saturated rings. The van der Waals surface area contributed by atoms with Crippen molar-refractivity contribution < 1.29 is 5.11 Å². The average Bonchev–Trinajstić information content (AvgIpc) is 2.54. The molecule has 0 heterocycles. The van der Waals surface area contributed by atoms with Gasteiger partial charge in [0.2, 0.25) is 0 Å². The molecular formula is C21H26O. The van der Waals surface area contributed by atoms with Crippen LogP contribution in [0.5, 0.6) is 0 Å². The summed E-state index contributed by atoms with van der Waals surface area (Å²) in [6.07, 6.45) is 3.96. The molecule has 1 aliphatic rings. The third-order valence-corrected chi connectivity index (χ3v) is 5.37. The SMILES string of the molecule is C[C@@H]1Cc2ccccc2[C@](C)(CCCc2ccccc2)[C@@H]1O. The van der Waals surface area contributed by atoms with Gasteiger partial charge in [-0.2, -0.15) is 0 Å². The van der Waals surface area contributed by atoms with E-state index in [4.69, 9.17) is 0 Å². The molecule has 0 saturated carbocycles. The monoisotopic (exact) mass is 294 g/mol. The Bertz CT molecular complexity index is 619. The molecule has 0 amide bonds. The average molecular weight is 294 g/mol. The number of aliphatic hydroxyl groups excluding tert-OH is 1. The largest absolute Gasteiger partial charge is 0.392 e. The zero-order valence-corrected chi connectivity index (χ0v) is 13.6. The molecule has 0 radical (unpaired) electrons. The van der Waals surface area contributed by atoms with E-state index in [0.29, 0.717) is 5.92 Å². The number of aryl methyl sites for hydroxylation is 1. The molecular weight excluding hydrogens is 268 g/mol. The molecule has 22 heavy (non-hydrogen) atoms. The fraction of sp³-hybridized carbons (Fsp3) is 0.429. The number of aliphatic hydroxyl groups is 1. The van der Waals surface area contributed by atoms with Crippen molar-refractivity contribution >= 4 is 0 Å². The number of fused-ring (bicyclic) bond motifs is 1. The maximum Gasteiger partial charge on any atom is 0.0662 e. The normalized spacial score (nSPS) is 27.4. The van der Waals surface area contributed by atoms with Crippen molar-refractivity contribution in [3.05, 3.63) is 71.3 Å². The summed E-state index contributed by atoms with van der Waals surface area (Å²) in [5.74, 6) is 0.330. The van der Waals surface area contributed by atoms with Crippen LogP contribution in [-0.4, -0.2) is 11.2 Å².